The Morgan fingerprint density at radius 1 is 0.594 bits per heavy atom. The molecule has 0 saturated heterocycles. The molecule has 2 atom stereocenters. The van der Waals surface area contributed by atoms with Gasteiger partial charge in [0.05, 0.1) is 31.0 Å². The first kappa shape index (κ1) is 31.8. The molecule has 0 rings (SSSR count). The van der Waals surface area contributed by atoms with E-state index in [1.807, 2.05) is 41.5 Å². The minimum Gasteiger partial charge on any atom is -0.379 e. The van der Waals surface area contributed by atoms with Gasteiger partial charge in [0.15, 0.2) is 0 Å². The van der Waals surface area contributed by atoms with Crippen LogP contribution in [-0.4, -0.2) is 54.2 Å². The van der Waals surface area contributed by atoms with E-state index in [0.29, 0.717) is 26.4 Å². The van der Waals surface area contributed by atoms with Gasteiger partial charge in [0.1, 0.15) is 0 Å². The van der Waals surface area contributed by atoms with Crippen LogP contribution in [0.1, 0.15) is 95.9 Å². The van der Waals surface area contributed by atoms with Gasteiger partial charge in [-0.3, -0.25) is 0 Å². The Bertz CT molecular complexity index is 490. The van der Waals surface area contributed by atoms with E-state index >= 15 is 0 Å². The van der Waals surface area contributed by atoms with Crippen molar-refractivity contribution in [1.82, 2.24) is 0 Å². The van der Waals surface area contributed by atoms with Gasteiger partial charge < -0.3 is 31.4 Å². The van der Waals surface area contributed by atoms with Crippen molar-refractivity contribution in [2.75, 3.05) is 26.4 Å². The fourth-order valence-corrected chi connectivity index (χ4v) is 3.32. The van der Waals surface area contributed by atoms with Crippen LogP contribution in [0, 0.1) is 17.8 Å². The molecule has 0 aliphatic carbocycles. The van der Waals surface area contributed by atoms with Crippen LogP contribution in [-0.2, 0) is 14.2 Å². The van der Waals surface area contributed by atoms with Crippen molar-refractivity contribution in [1.29, 1.82) is 0 Å². The summed E-state index contributed by atoms with van der Waals surface area (Å²) in [6.07, 6.45) is 1.72. The topological polar surface area (TPSA) is 106 Å². The van der Waals surface area contributed by atoms with Gasteiger partial charge in [-0.1, -0.05) is 13.8 Å². The first-order chi connectivity index (χ1) is 14.0. The van der Waals surface area contributed by atoms with E-state index in [2.05, 4.69) is 41.5 Å². The van der Waals surface area contributed by atoms with Crippen LogP contribution in [0.2, 0.25) is 0 Å². The van der Waals surface area contributed by atoms with Crippen LogP contribution in [0.15, 0.2) is 0 Å². The molecule has 194 valence electrons. The molecule has 6 heteroatoms. The van der Waals surface area contributed by atoms with Gasteiger partial charge in [-0.25, -0.2) is 0 Å². The highest BCUT2D eigenvalue weighted by Gasteiger charge is 2.33. The molecule has 0 bridgehead atoms. The van der Waals surface area contributed by atoms with Gasteiger partial charge >= 0.3 is 0 Å². The second-order valence-electron chi connectivity index (χ2n) is 13.4. The lowest BCUT2D eigenvalue weighted by Gasteiger charge is -2.38. The summed E-state index contributed by atoms with van der Waals surface area (Å²) in [7, 11) is 0. The fourth-order valence-electron chi connectivity index (χ4n) is 3.32. The SMILES string of the molecule is CC(COC(C)(C)CC(COCC(C)(C)N)CC(C)(C)OCC(C)C(C)(C)N)C(C)(C)N. The van der Waals surface area contributed by atoms with Crippen molar-refractivity contribution in [3.05, 3.63) is 0 Å². The number of hydrogen-bond acceptors (Lipinski definition) is 6. The highest BCUT2D eigenvalue weighted by molar-refractivity contribution is 4.85. The molecular formula is C26H57N3O3. The molecule has 0 spiro atoms. The summed E-state index contributed by atoms with van der Waals surface area (Å²) in [4.78, 5) is 0. The third kappa shape index (κ3) is 14.8. The summed E-state index contributed by atoms with van der Waals surface area (Å²) >= 11 is 0. The minimum atomic E-state index is -0.354. The van der Waals surface area contributed by atoms with E-state index in [9.17, 15) is 0 Å². The summed E-state index contributed by atoms with van der Waals surface area (Å²) in [6.45, 7) is 27.4. The van der Waals surface area contributed by atoms with Crippen molar-refractivity contribution >= 4 is 0 Å². The number of nitrogens with two attached hydrogens (primary N) is 3. The zero-order chi connectivity index (χ0) is 25.6. The van der Waals surface area contributed by atoms with Crippen molar-refractivity contribution in [3.8, 4) is 0 Å². The zero-order valence-electron chi connectivity index (χ0n) is 23.4. The molecule has 0 radical (unpaired) electrons. The lowest BCUT2D eigenvalue weighted by Crippen LogP contribution is -2.44. The molecule has 0 aromatic rings. The lowest BCUT2D eigenvalue weighted by molar-refractivity contribution is -0.0899. The van der Waals surface area contributed by atoms with Gasteiger partial charge in [0, 0.05) is 23.2 Å². The third-order valence-electron chi connectivity index (χ3n) is 6.38. The Labute approximate surface area is 199 Å². The minimum absolute atomic E-state index is 0.260. The first-order valence-corrected chi connectivity index (χ1v) is 12.3. The molecular weight excluding hydrogens is 402 g/mol. The maximum atomic E-state index is 6.34. The number of hydrogen-bond donors (Lipinski definition) is 3. The smallest absolute Gasteiger partial charge is 0.0640 e. The van der Waals surface area contributed by atoms with Crippen molar-refractivity contribution in [2.24, 2.45) is 35.0 Å². The van der Waals surface area contributed by atoms with Crippen molar-refractivity contribution < 1.29 is 14.2 Å². The molecule has 0 aromatic heterocycles. The maximum Gasteiger partial charge on any atom is 0.0640 e. The molecule has 0 fully saturated rings. The van der Waals surface area contributed by atoms with Crippen molar-refractivity contribution in [2.45, 2.75) is 124 Å². The summed E-state index contributed by atoms with van der Waals surface area (Å²) < 4.78 is 18.7. The maximum absolute atomic E-state index is 6.34. The molecule has 6 N–H and O–H groups in total. The van der Waals surface area contributed by atoms with Crippen LogP contribution in [0.25, 0.3) is 0 Å². The summed E-state index contributed by atoms with van der Waals surface area (Å²) in [5.74, 6) is 0.788. The largest absolute Gasteiger partial charge is 0.379 e. The Morgan fingerprint density at radius 3 is 1.22 bits per heavy atom. The standard InChI is InChI=1S/C26H57N3O3/c1-19(25(9,10)28)15-31-23(5,6)13-21(17-30-18-22(3,4)27)14-24(7,8)32-16-20(2)26(11,12)29/h19-21H,13-18,27-29H2,1-12H3. The zero-order valence-corrected chi connectivity index (χ0v) is 23.4. The quantitative estimate of drug-likeness (QED) is 0.314. The van der Waals surface area contributed by atoms with E-state index < -0.39 is 0 Å². The molecule has 0 aromatic carbocycles. The molecule has 0 heterocycles. The number of ether oxygens (including phenoxy) is 3. The van der Waals surface area contributed by atoms with E-state index in [4.69, 9.17) is 31.4 Å². The molecule has 0 amide bonds. The summed E-state index contributed by atoms with van der Waals surface area (Å²) in [5, 5.41) is 0. The normalized spacial score (nSPS) is 17.3. The van der Waals surface area contributed by atoms with Gasteiger partial charge in [-0.2, -0.15) is 0 Å². The van der Waals surface area contributed by atoms with Crippen LogP contribution in [0.4, 0.5) is 0 Å². The first-order valence-electron chi connectivity index (χ1n) is 12.3. The van der Waals surface area contributed by atoms with Gasteiger partial charge in [-0.15, -0.1) is 0 Å². The average molecular weight is 460 g/mol. The molecule has 0 aliphatic rings. The lowest BCUT2D eigenvalue weighted by atomic mass is 9.85. The predicted octanol–water partition coefficient (Wildman–Crippen LogP) is 4.47. The molecule has 0 aliphatic heterocycles. The van der Waals surface area contributed by atoms with Gasteiger partial charge in [0.25, 0.3) is 0 Å². The van der Waals surface area contributed by atoms with Crippen LogP contribution >= 0.6 is 0 Å². The summed E-state index contributed by atoms with van der Waals surface area (Å²) in [5.41, 5.74) is 17.1. The average Bonchev–Trinajstić information content (AvgIpc) is 2.53. The fraction of sp³-hybridized carbons (Fsp3) is 1.00. The Balaban J connectivity index is 5.16. The van der Waals surface area contributed by atoms with Gasteiger partial charge in [0.2, 0.25) is 0 Å². The van der Waals surface area contributed by atoms with E-state index in [1.165, 1.54) is 0 Å². The Hall–Kier alpha value is -0.240. The van der Waals surface area contributed by atoms with E-state index in [1.54, 1.807) is 0 Å². The second kappa shape index (κ2) is 11.9. The second-order valence-corrected chi connectivity index (χ2v) is 13.4. The van der Waals surface area contributed by atoms with Gasteiger partial charge in [-0.05, 0) is 99.8 Å². The monoisotopic (exact) mass is 459 g/mol. The third-order valence-corrected chi connectivity index (χ3v) is 6.38. The Kier molecular flexibility index (Phi) is 11.9. The Morgan fingerprint density at radius 2 is 0.938 bits per heavy atom. The van der Waals surface area contributed by atoms with E-state index in [0.717, 1.165) is 12.8 Å². The van der Waals surface area contributed by atoms with E-state index in [-0.39, 0.29) is 45.6 Å². The number of rotatable bonds is 16. The molecule has 32 heavy (non-hydrogen) atoms. The molecule has 0 saturated carbocycles. The molecule has 2 unspecified atom stereocenters. The highest BCUT2D eigenvalue weighted by atomic mass is 16.5. The van der Waals surface area contributed by atoms with Crippen LogP contribution < -0.4 is 17.2 Å². The molecule has 6 nitrogen and oxygen atoms in total. The highest BCUT2D eigenvalue weighted by Crippen LogP contribution is 2.31. The van der Waals surface area contributed by atoms with Crippen molar-refractivity contribution in [3.63, 3.8) is 0 Å². The van der Waals surface area contributed by atoms with Crippen LogP contribution in [0.5, 0.6) is 0 Å². The predicted molar refractivity (Wildman–Crippen MR) is 137 cm³/mol. The summed E-state index contributed by atoms with van der Waals surface area (Å²) in [6, 6.07) is 0. The van der Waals surface area contributed by atoms with Crippen LogP contribution in [0.3, 0.4) is 0 Å².